The Balaban J connectivity index is 0.000000371. The van der Waals surface area contributed by atoms with E-state index in [0.717, 1.165) is 0 Å². The molecule has 0 saturated carbocycles. The van der Waals surface area contributed by atoms with Crippen LogP contribution in [-0.4, -0.2) is 10.5 Å². The summed E-state index contributed by atoms with van der Waals surface area (Å²) in [5.41, 5.74) is 12.1. The molecule has 6 N–H and O–H groups in total. The molecular weight excluding hydrogens is 132 g/mol. The predicted molar refractivity (Wildman–Crippen MR) is 40.5 cm³/mol. The van der Waals surface area contributed by atoms with Gasteiger partial charge in [0, 0.05) is 0 Å². The smallest absolute Gasteiger partial charge is 0.0547 e. The van der Waals surface area contributed by atoms with Gasteiger partial charge < -0.3 is 11.5 Å². The van der Waals surface area contributed by atoms with E-state index in [1.54, 1.807) is 12.1 Å². The van der Waals surface area contributed by atoms with E-state index in [9.17, 15) is 0 Å². The molecule has 0 aliphatic rings. The maximum absolute atomic E-state index is 6.00. The number of nitrogen functional groups attached to an aromatic ring is 2. The summed E-state index contributed by atoms with van der Waals surface area (Å²) in [6, 6.07) is 7.25. The van der Waals surface area contributed by atoms with Gasteiger partial charge in [0.25, 0.3) is 0 Å². The number of anilines is 2. The van der Waals surface area contributed by atoms with Gasteiger partial charge in [0.05, 0.1) is 11.4 Å². The molecule has 1 aromatic carbocycles. The van der Waals surface area contributed by atoms with Crippen molar-refractivity contribution < 1.29 is 10.5 Å². The highest BCUT2D eigenvalue weighted by Gasteiger charge is 1.85. The van der Waals surface area contributed by atoms with Gasteiger partial charge in [-0.25, -0.2) is 0 Å². The van der Waals surface area contributed by atoms with Crippen LogP contribution in [0.25, 0.3) is 0 Å². The van der Waals surface area contributed by atoms with Gasteiger partial charge in [0.15, 0.2) is 0 Å². The second-order valence-corrected chi connectivity index (χ2v) is 1.63. The largest absolute Gasteiger partial charge is 0.397 e. The van der Waals surface area contributed by atoms with Crippen LogP contribution in [0.1, 0.15) is 0 Å². The molecule has 56 valence electrons. The van der Waals surface area contributed by atoms with Crippen LogP contribution in [-0.2, 0) is 0 Å². The average Bonchev–Trinajstić information content (AvgIpc) is 2.00. The molecule has 0 atom stereocenters. The van der Waals surface area contributed by atoms with Crippen molar-refractivity contribution in [3.05, 3.63) is 24.3 Å². The molecule has 10 heavy (non-hydrogen) atoms. The van der Waals surface area contributed by atoms with Crippen molar-refractivity contribution in [2.24, 2.45) is 0 Å². The zero-order valence-electron chi connectivity index (χ0n) is 5.36. The molecule has 0 aromatic heterocycles. The van der Waals surface area contributed by atoms with Crippen molar-refractivity contribution in [2.45, 2.75) is 0 Å². The monoisotopic (exact) mass is 142 g/mol. The Morgan fingerprint density at radius 2 is 1.20 bits per heavy atom. The van der Waals surface area contributed by atoms with E-state index in [-0.39, 0.29) is 0 Å². The minimum atomic E-state index is 0.646. The van der Waals surface area contributed by atoms with Crippen molar-refractivity contribution in [3.63, 3.8) is 0 Å². The zero-order chi connectivity index (χ0) is 7.98. The summed E-state index contributed by atoms with van der Waals surface area (Å²) < 4.78 is 0. The van der Waals surface area contributed by atoms with Crippen LogP contribution < -0.4 is 11.5 Å². The molecule has 4 heteroatoms. The van der Waals surface area contributed by atoms with Crippen molar-refractivity contribution in [3.8, 4) is 0 Å². The van der Waals surface area contributed by atoms with E-state index < -0.39 is 0 Å². The van der Waals surface area contributed by atoms with Gasteiger partial charge in [0.2, 0.25) is 0 Å². The summed E-state index contributed by atoms with van der Waals surface area (Å²) in [7, 11) is 0. The number of benzene rings is 1. The summed E-state index contributed by atoms with van der Waals surface area (Å²) in [6.45, 7) is 0. The van der Waals surface area contributed by atoms with Gasteiger partial charge in [-0.2, -0.15) is 0 Å². The highest BCUT2D eigenvalue weighted by Crippen LogP contribution is 2.10. The molecule has 0 aliphatic heterocycles. The summed E-state index contributed by atoms with van der Waals surface area (Å²) in [6.07, 6.45) is 0. The fourth-order valence-electron chi connectivity index (χ4n) is 0.511. The molecule has 1 aromatic rings. The predicted octanol–water partition coefficient (Wildman–Crippen LogP) is 0.868. The van der Waals surface area contributed by atoms with Crippen LogP contribution in [0.3, 0.4) is 0 Å². The van der Waals surface area contributed by atoms with E-state index >= 15 is 0 Å². The second kappa shape index (κ2) is 4.60. The Morgan fingerprint density at radius 1 is 0.900 bits per heavy atom. The summed E-state index contributed by atoms with van der Waals surface area (Å²) in [5.74, 6) is 0. The van der Waals surface area contributed by atoms with E-state index in [1.165, 1.54) is 0 Å². The quantitative estimate of drug-likeness (QED) is 0.245. The molecule has 0 aliphatic carbocycles. The Kier molecular flexibility index (Phi) is 4.02. The Bertz CT molecular complexity index is 170. The molecule has 0 amide bonds. The standard InChI is InChI=1S/C6H8N2.H2O2/c7-5-3-1-2-4-6(5)8;1-2/h1-4H,7-8H2;1-2H. The Labute approximate surface area is 58.6 Å². The van der Waals surface area contributed by atoms with Crippen LogP contribution in [0, 0.1) is 0 Å². The first-order chi connectivity index (χ1) is 4.80. The lowest BCUT2D eigenvalue weighted by Crippen LogP contribution is -1.91. The molecule has 1 rings (SSSR count). The van der Waals surface area contributed by atoms with Crippen molar-refractivity contribution in [1.29, 1.82) is 0 Å². The SMILES string of the molecule is Nc1ccccc1N.OO. The van der Waals surface area contributed by atoms with Crippen LogP contribution in [0.15, 0.2) is 24.3 Å². The maximum atomic E-state index is 6.00. The first-order valence-corrected chi connectivity index (χ1v) is 2.60. The van der Waals surface area contributed by atoms with E-state index in [1.807, 2.05) is 12.1 Å². The lowest BCUT2D eigenvalue weighted by atomic mass is 10.3. The van der Waals surface area contributed by atoms with Crippen LogP contribution in [0.2, 0.25) is 0 Å². The molecular formula is C6H10N2O2. The van der Waals surface area contributed by atoms with E-state index in [4.69, 9.17) is 22.0 Å². The molecule has 0 heterocycles. The van der Waals surface area contributed by atoms with Crippen molar-refractivity contribution >= 4 is 11.4 Å². The third-order valence-electron chi connectivity index (χ3n) is 0.996. The summed E-state index contributed by atoms with van der Waals surface area (Å²) >= 11 is 0. The van der Waals surface area contributed by atoms with Gasteiger partial charge in [-0.3, -0.25) is 10.5 Å². The molecule has 0 fully saturated rings. The average molecular weight is 142 g/mol. The molecule has 0 bridgehead atoms. The first-order valence-electron chi connectivity index (χ1n) is 2.60. The van der Waals surface area contributed by atoms with Crippen molar-refractivity contribution in [1.82, 2.24) is 0 Å². The minimum absolute atomic E-state index is 0.646. The van der Waals surface area contributed by atoms with E-state index in [0.29, 0.717) is 11.4 Å². The second-order valence-electron chi connectivity index (χ2n) is 1.63. The van der Waals surface area contributed by atoms with Crippen LogP contribution in [0.5, 0.6) is 0 Å². The maximum Gasteiger partial charge on any atom is 0.0547 e. The third kappa shape index (κ3) is 2.34. The number of hydrogen-bond acceptors (Lipinski definition) is 4. The Morgan fingerprint density at radius 3 is 1.40 bits per heavy atom. The molecule has 0 radical (unpaired) electrons. The lowest BCUT2D eigenvalue weighted by molar-refractivity contribution is -0.176. The number of rotatable bonds is 0. The van der Waals surface area contributed by atoms with Gasteiger partial charge in [0.1, 0.15) is 0 Å². The van der Waals surface area contributed by atoms with Crippen molar-refractivity contribution in [2.75, 3.05) is 11.5 Å². The van der Waals surface area contributed by atoms with Gasteiger partial charge in [-0.15, -0.1) is 0 Å². The lowest BCUT2D eigenvalue weighted by Gasteiger charge is -1.94. The summed E-state index contributed by atoms with van der Waals surface area (Å²) in [4.78, 5) is 0. The van der Waals surface area contributed by atoms with Gasteiger partial charge >= 0.3 is 0 Å². The fourth-order valence-corrected chi connectivity index (χ4v) is 0.511. The topological polar surface area (TPSA) is 92.5 Å². The van der Waals surface area contributed by atoms with Crippen LogP contribution >= 0.6 is 0 Å². The third-order valence-corrected chi connectivity index (χ3v) is 0.996. The molecule has 0 spiro atoms. The number of nitrogens with two attached hydrogens (primary N) is 2. The molecule has 0 unspecified atom stereocenters. The highest BCUT2D eigenvalue weighted by molar-refractivity contribution is 5.62. The van der Waals surface area contributed by atoms with Gasteiger partial charge in [-0.1, -0.05) is 12.1 Å². The highest BCUT2D eigenvalue weighted by atomic mass is 17.0. The van der Waals surface area contributed by atoms with E-state index in [2.05, 4.69) is 0 Å². The minimum Gasteiger partial charge on any atom is -0.397 e. The van der Waals surface area contributed by atoms with Crippen LogP contribution in [0.4, 0.5) is 11.4 Å². The number of hydrogen-bond donors (Lipinski definition) is 4. The molecule has 0 saturated heterocycles. The number of para-hydroxylation sites is 2. The van der Waals surface area contributed by atoms with Gasteiger partial charge in [-0.05, 0) is 12.1 Å². The zero-order valence-corrected chi connectivity index (χ0v) is 5.36. The molecule has 4 nitrogen and oxygen atoms in total. The summed E-state index contributed by atoms with van der Waals surface area (Å²) in [5, 5.41) is 12.0. The fraction of sp³-hybridized carbons (Fsp3) is 0. The normalized spacial score (nSPS) is 7.80. The Hall–Kier alpha value is -1.26. The first kappa shape index (κ1) is 8.74.